The molecule has 0 spiro atoms. The van der Waals surface area contributed by atoms with E-state index in [0.29, 0.717) is 28.1 Å². The van der Waals surface area contributed by atoms with Crippen LogP contribution in [-0.4, -0.2) is 26.6 Å². The first kappa shape index (κ1) is 36.0. The van der Waals surface area contributed by atoms with E-state index in [1.807, 2.05) is 36.4 Å². The van der Waals surface area contributed by atoms with Crippen molar-refractivity contribution in [2.45, 2.75) is 14.4 Å². The Morgan fingerprint density at radius 2 is 0.845 bits per heavy atom. The molecule has 4 aromatic heterocycles. The van der Waals surface area contributed by atoms with Crippen LogP contribution in [0.15, 0.2) is 155 Å². The Morgan fingerprint density at radius 1 is 0.517 bits per heavy atom. The molecule has 0 saturated carbocycles. The molecule has 12 rings (SSSR count). The first-order chi connectivity index (χ1) is 27.9. The van der Waals surface area contributed by atoms with Crippen molar-refractivity contribution in [3.63, 3.8) is 0 Å². The van der Waals surface area contributed by atoms with Crippen molar-refractivity contribution in [3.05, 3.63) is 156 Å². The normalized spacial score (nSPS) is 11.4. The number of hydrogen-bond acceptors (Lipinski definition) is 8. The highest BCUT2D eigenvalue weighted by Crippen LogP contribution is 2.41. The number of pyridine rings is 2. The molecule has 282 valence electrons. The summed E-state index contributed by atoms with van der Waals surface area (Å²) in [5.74, 6) is 0. The van der Waals surface area contributed by atoms with Crippen molar-refractivity contribution in [2.75, 3.05) is 12.3 Å². The molecular formula is C49H36N4O5. The average molecular weight is 761 g/mol. The lowest BCUT2D eigenvalue weighted by atomic mass is 9.93. The lowest BCUT2D eigenvalue weighted by Crippen LogP contribution is -1.88. The minimum Gasteiger partial charge on any atom is -0.438 e. The van der Waals surface area contributed by atoms with Crippen molar-refractivity contribution < 1.29 is 18.9 Å². The van der Waals surface area contributed by atoms with Gasteiger partial charge in [-0.3, -0.25) is 10.1 Å². The zero-order valence-electron chi connectivity index (χ0n) is 30.6. The Balaban J connectivity index is 0.000000139. The van der Waals surface area contributed by atoms with E-state index < -0.39 is 4.92 Å². The predicted octanol–water partition coefficient (Wildman–Crippen LogP) is 13.0. The Bertz CT molecular complexity index is 3590. The maximum Gasteiger partial charge on any atom is 0.288 e. The number of fused-ring (bicyclic) bond motifs is 18. The van der Waals surface area contributed by atoms with Crippen LogP contribution >= 0.6 is 0 Å². The molecule has 0 unspecified atom stereocenters. The van der Waals surface area contributed by atoms with Crippen LogP contribution < -0.4 is 5.73 Å². The zero-order valence-corrected chi connectivity index (χ0v) is 30.6. The van der Waals surface area contributed by atoms with Crippen LogP contribution in [0.3, 0.4) is 0 Å². The van der Waals surface area contributed by atoms with Crippen molar-refractivity contribution >= 4 is 120 Å². The fraction of sp³-hybridized carbons (Fsp3) is 0.0612. The van der Waals surface area contributed by atoms with Gasteiger partial charge in [-0.1, -0.05) is 104 Å². The number of aliphatic hydroxyl groups is 1. The summed E-state index contributed by atoms with van der Waals surface area (Å²) in [6.45, 7) is 1.93. The molecule has 0 radical (unpaired) electrons. The molecule has 0 aliphatic carbocycles. The summed E-state index contributed by atoms with van der Waals surface area (Å²) in [6.07, 6.45) is 2.87. The number of hydrogen-bond donors (Lipinski definition) is 2. The Morgan fingerprint density at radius 3 is 1.22 bits per heavy atom. The topological polar surface area (TPSA) is 141 Å². The number of nitrogens with two attached hydrogens (primary N) is 1. The number of furan rings is 2. The van der Waals surface area contributed by atoms with E-state index in [9.17, 15) is 10.1 Å². The highest BCUT2D eigenvalue weighted by atomic mass is 16.6. The van der Waals surface area contributed by atoms with Crippen LogP contribution in [0.1, 0.15) is 14.4 Å². The van der Waals surface area contributed by atoms with Gasteiger partial charge < -0.3 is 19.7 Å². The van der Waals surface area contributed by atoms with Gasteiger partial charge in [0, 0.05) is 23.4 Å². The van der Waals surface area contributed by atoms with Crippen LogP contribution in [0.25, 0.3) is 109 Å². The molecule has 0 amide bonds. The van der Waals surface area contributed by atoms with Crippen LogP contribution in [-0.2, 0) is 0 Å². The third-order valence-corrected chi connectivity index (χ3v) is 10.6. The van der Waals surface area contributed by atoms with Gasteiger partial charge in [0.05, 0.1) is 27.6 Å². The summed E-state index contributed by atoms with van der Waals surface area (Å²) in [6, 6.07) is 45.6. The lowest BCUT2D eigenvalue weighted by molar-refractivity contribution is -0.385. The van der Waals surface area contributed by atoms with Crippen molar-refractivity contribution in [2.24, 2.45) is 0 Å². The van der Waals surface area contributed by atoms with Gasteiger partial charge in [0.1, 0.15) is 17.4 Å². The largest absolute Gasteiger partial charge is 0.438 e. The molecule has 0 aliphatic heterocycles. The maximum atomic E-state index is 11.2. The molecule has 8 aromatic carbocycles. The SMILES string of the molecule is C.CCO.Nc1cnc2oc3cc4c5ccccc5c5ccccc5c4cc3c2c1.O=[N+]([O-])c1cnc2oc3cc4c5ccccc5c5ccccc5c4cc3c2c1. The minimum absolute atomic E-state index is 0. The molecule has 12 aromatic rings. The van der Waals surface area contributed by atoms with Crippen molar-refractivity contribution in [3.8, 4) is 0 Å². The third-order valence-electron chi connectivity index (χ3n) is 10.6. The van der Waals surface area contributed by atoms with E-state index in [2.05, 4.69) is 101 Å². The maximum absolute atomic E-state index is 11.2. The van der Waals surface area contributed by atoms with Crippen molar-refractivity contribution in [1.82, 2.24) is 9.97 Å². The van der Waals surface area contributed by atoms with Gasteiger partial charge in [0.2, 0.25) is 11.4 Å². The molecule has 9 nitrogen and oxygen atoms in total. The molecule has 0 bridgehead atoms. The number of nitro groups is 1. The fourth-order valence-electron chi connectivity index (χ4n) is 8.22. The van der Waals surface area contributed by atoms with E-state index in [-0.39, 0.29) is 19.7 Å². The first-order valence-corrected chi connectivity index (χ1v) is 18.5. The standard InChI is InChI=1S/C23H12N2O3.C23H14N2O.C2H6O.CH4/c26-25(27)13-9-21-20-10-18-16-7-3-1-5-14(16)15-6-2-4-8-17(15)19(18)11-22(20)28-23(21)24-12-13;24-13-9-21-20-10-18-16-7-3-1-5-14(16)15-6-2-4-8-17(15)19(18)11-22(20)26-23(21)25-12-13;1-2-3;/h1-12H;1-12H,24H2;3H,2H2,1H3;1H4. The van der Waals surface area contributed by atoms with E-state index in [0.717, 1.165) is 43.3 Å². The smallest absolute Gasteiger partial charge is 0.288 e. The minimum atomic E-state index is -0.435. The van der Waals surface area contributed by atoms with Crippen molar-refractivity contribution in [1.29, 1.82) is 0 Å². The third kappa shape index (κ3) is 5.67. The number of nitrogen functional groups attached to an aromatic ring is 1. The van der Waals surface area contributed by atoms with Crippen LogP contribution in [0.2, 0.25) is 0 Å². The first-order valence-electron chi connectivity index (χ1n) is 18.5. The quantitative estimate of drug-likeness (QED) is 0.0956. The monoisotopic (exact) mass is 760 g/mol. The molecule has 58 heavy (non-hydrogen) atoms. The van der Waals surface area contributed by atoms with Gasteiger partial charge >= 0.3 is 0 Å². The van der Waals surface area contributed by atoms with Gasteiger partial charge in [-0.2, -0.15) is 0 Å². The Kier molecular flexibility index (Phi) is 8.79. The molecule has 0 atom stereocenters. The zero-order chi connectivity index (χ0) is 38.8. The molecule has 9 heteroatoms. The Hall–Kier alpha value is -7.62. The predicted molar refractivity (Wildman–Crippen MR) is 239 cm³/mol. The summed E-state index contributed by atoms with van der Waals surface area (Å²) >= 11 is 0. The summed E-state index contributed by atoms with van der Waals surface area (Å²) in [5.41, 5.74) is 9.09. The number of nitrogens with zero attached hydrogens (tertiary/aromatic N) is 3. The number of aromatic nitrogens is 2. The molecule has 0 aliphatic rings. The van der Waals surface area contributed by atoms with Crippen LogP contribution in [0.4, 0.5) is 11.4 Å². The summed E-state index contributed by atoms with van der Waals surface area (Å²) in [5, 5.41) is 36.5. The summed E-state index contributed by atoms with van der Waals surface area (Å²) in [4.78, 5) is 19.2. The highest BCUT2D eigenvalue weighted by Gasteiger charge is 2.17. The molecule has 3 N–H and O–H groups in total. The van der Waals surface area contributed by atoms with Gasteiger partial charge in [-0.25, -0.2) is 9.97 Å². The molecule has 0 saturated heterocycles. The summed E-state index contributed by atoms with van der Waals surface area (Å²) in [7, 11) is 0. The van der Waals surface area contributed by atoms with Gasteiger partial charge in [-0.05, 0) is 102 Å². The number of benzene rings is 8. The number of aliphatic hydroxyl groups excluding tert-OH is 1. The van der Waals surface area contributed by atoms with Crippen LogP contribution in [0, 0.1) is 10.1 Å². The second kappa shape index (κ2) is 14.1. The number of rotatable bonds is 1. The number of anilines is 1. The van der Waals surface area contributed by atoms with Gasteiger partial charge in [-0.15, -0.1) is 0 Å². The molecule has 4 heterocycles. The lowest BCUT2D eigenvalue weighted by Gasteiger charge is -2.10. The highest BCUT2D eigenvalue weighted by molar-refractivity contribution is 6.29. The van der Waals surface area contributed by atoms with E-state index in [1.54, 1.807) is 13.1 Å². The van der Waals surface area contributed by atoms with E-state index in [4.69, 9.17) is 19.7 Å². The van der Waals surface area contributed by atoms with E-state index in [1.165, 1.54) is 55.4 Å². The Labute approximate surface area is 330 Å². The summed E-state index contributed by atoms with van der Waals surface area (Å²) < 4.78 is 11.9. The van der Waals surface area contributed by atoms with Gasteiger partial charge in [0.25, 0.3) is 5.69 Å². The second-order valence-corrected chi connectivity index (χ2v) is 13.9. The molecule has 0 fully saturated rings. The second-order valence-electron chi connectivity index (χ2n) is 13.9. The van der Waals surface area contributed by atoms with E-state index >= 15 is 0 Å². The average Bonchev–Trinajstić information content (AvgIpc) is 3.79. The van der Waals surface area contributed by atoms with Gasteiger partial charge in [0.15, 0.2) is 0 Å². The molecular weight excluding hydrogens is 725 g/mol. The fourth-order valence-corrected chi connectivity index (χ4v) is 8.22. The van der Waals surface area contributed by atoms with Crippen LogP contribution in [0.5, 0.6) is 0 Å².